The fourth-order valence-corrected chi connectivity index (χ4v) is 4.09. The van der Waals surface area contributed by atoms with Crippen LogP contribution < -0.4 is 10.1 Å². The van der Waals surface area contributed by atoms with Gasteiger partial charge in [0.1, 0.15) is 23.6 Å². The fraction of sp³-hybridized carbons (Fsp3) is 0.500. The molecule has 1 heterocycles. The molecule has 1 aromatic carbocycles. The summed E-state index contributed by atoms with van der Waals surface area (Å²) in [5, 5.41) is 21.4. The normalized spacial score (nSPS) is 20.1. The van der Waals surface area contributed by atoms with Crippen molar-refractivity contribution in [1.82, 2.24) is 10.2 Å². The maximum atomic E-state index is 13.2. The molecule has 8 heteroatoms. The van der Waals surface area contributed by atoms with Crippen LogP contribution >= 0.6 is 0 Å². The molecular formula is C22H26N2O6. The molecule has 3 N–H and O–H groups in total. The van der Waals surface area contributed by atoms with Gasteiger partial charge in [-0.05, 0) is 55.7 Å². The third-order valence-corrected chi connectivity index (χ3v) is 6.17. The molecular weight excluding hydrogens is 388 g/mol. The van der Waals surface area contributed by atoms with Crippen molar-refractivity contribution in [2.24, 2.45) is 5.92 Å². The van der Waals surface area contributed by atoms with E-state index in [1.54, 1.807) is 4.90 Å². The summed E-state index contributed by atoms with van der Waals surface area (Å²) in [6.07, 6.45) is 5.12. The van der Waals surface area contributed by atoms with E-state index in [4.69, 9.17) is 9.84 Å². The highest BCUT2D eigenvalue weighted by Crippen LogP contribution is 2.46. The van der Waals surface area contributed by atoms with Crippen molar-refractivity contribution in [3.8, 4) is 5.75 Å². The lowest BCUT2D eigenvalue weighted by molar-refractivity contribution is -0.144. The molecule has 3 aliphatic rings. The summed E-state index contributed by atoms with van der Waals surface area (Å²) in [4.78, 5) is 37.9. The highest BCUT2D eigenvalue weighted by Gasteiger charge is 2.51. The highest BCUT2D eigenvalue weighted by molar-refractivity contribution is 6.19. The first-order chi connectivity index (χ1) is 14.4. The molecule has 1 aromatic rings. The van der Waals surface area contributed by atoms with Crippen LogP contribution in [-0.2, 0) is 20.9 Å². The number of nitrogens with one attached hydrogen (secondary N) is 1. The van der Waals surface area contributed by atoms with Gasteiger partial charge in [0, 0.05) is 13.0 Å². The summed E-state index contributed by atoms with van der Waals surface area (Å²) in [6.45, 7) is 0.424. The van der Waals surface area contributed by atoms with E-state index >= 15 is 0 Å². The van der Waals surface area contributed by atoms with Crippen molar-refractivity contribution in [3.63, 3.8) is 0 Å². The molecule has 0 unspecified atom stereocenters. The quantitative estimate of drug-likeness (QED) is 0.561. The third-order valence-electron chi connectivity index (χ3n) is 6.17. The Morgan fingerprint density at radius 3 is 2.47 bits per heavy atom. The number of carbonyl (C=O) groups excluding carboxylic acids is 2. The number of rotatable bonds is 8. The van der Waals surface area contributed by atoms with E-state index in [2.05, 4.69) is 5.32 Å². The maximum absolute atomic E-state index is 13.2. The number of aliphatic hydroxyl groups is 1. The molecule has 1 spiro atoms. The van der Waals surface area contributed by atoms with Gasteiger partial charge in [0.15, 0.2) is 0 Å². The minimum absolute atomic E-state index is 0.206. The molecule has 0 saturated heterocycles. The van der Waals surface area contributed by atoms with E-state index in [0.717, 1.165) is 37.2 Å². The number of aliphatic carboxylic acids is 1. The average Bonchev–Trinajstić information content (AvgIpc) is 3.51. The van der Waals surface area contributed by atoms with Crippen molar-refractivity contribution in [3.05, 3.63) is 41.2 Å². The number of carbonyl (C=O) groups is 3. The average molecular weight is 414 g/mol. The number of nitrogens with zero attached hydrogens (tertiary/aromatic N) is 1. The van der Waals surface area contributed by atoms with E-state index in [1.165, 1.54) is 12.8 Å². The lowest BCUT2D eigenvalue weighted by atomic mass is 9.70. The zero-order valence-corrected chi connectivity index (χ0v) is 16.7. The van der Waals surface area contributed by atoms with Crippen molar-refractivity contribution < 1.29 is 29.3 Å². The van der Waals surface area contributed by atoms with Crippen molar-refractivity contribution in [2.45, 2.75) is 50.6 Å². The van der Waals surface area contributed by atoms with Crippen LogP contribution in [0.3, 0.4) is 0 Å². The van der Waals surface area contributed by atoms with E-state index in [1.807, 2.05) is 24.3 Å². The Hall–Kier alpha value is -3.03. The number of hydrogen-bond acceptors (Lipinski definition) is 5. The van der Waals surface area contributed by atoms with Gasteiger partial charge in [0.25, 0.3) is 11.8 Å². The van der Waals surface area contributed by atoms with Crippen LogP contribution in [0.1, 0.15) is 44.1 Å². The number of carboxylic acids is 1. The molecule has 30 heavy (non-hydrogen) atoms. The van der Waals surface area contributed by atoms with Gasteiger partial charge in [-0.25, -0.2) is 0 Å². The molecule has 4 rings (SSSR count). The second-order valence-electron chi connectivity index (χ2n) is 8.44. The Labute approximate surface area is 174 Å². The van der Waals surface area contributed by atoms with E-state index in [9.17, 15) is 19.5 Å². The smallest absolute Gasteiger partial charge is 0.322 e. The first-order valence-electron chi connectivity index (χ1n) is 10.3. The Morgan fingerprint density at radius 1 is 1.20 bits per heavy atom. The number of carboxylic acid groups (broad SMARTS) is 1. The standard InChI is InChI=1S/C22H26N2O6/c25-17-10-22(8-1-9-22)24(21(29)19(17)20(28)23-11-18(26)27)12-14-4-6-16(7-5-14)30-13-15-2-3-15/h4-7,15,25H,1-3,8-13H2,(H,23,28)(H,26,27). The van der Waals surface area contributed by atoms with Crippen molar-refractivity contribution >= 4 is 17.8 Å². The number of hydrogen-bond donors (Lipinski definition) is 3. The molecule has 1 aliphatic heterocycles. The van der Waals surface area contributed by atoms with Crippen LogP contribution in [0.4, 0.5) is 0 Å². The topological polar surface area (TPSA) is 116 Å². The summed E-state index contributed by atoms with van der Waals surface area (Å²) in [5.41, 5.74) is 0.0528. The zero-order valence-electron chi connectivity index (χ0n) is 16.7. The van der Waals surface area contributed by atoms with Crippen LogP contribution in [0.15, 0.2) is 35.6 Å². The summed E-state index contributed by atoms with van der Waals surface area (Å²) in [5.74, 6) is -1.44. The first-order valence-corrected chi connectivity index (χ1v) is 10.3. The minimum Gasteiger partial charge on any atom is -0.511 e. The Balaban J connectivity index is 1.49. The van der Waals surface area contributed by atoms with Gasteiger partial charge in [0.2, 0.25) is 0 Å². The Kier molecular flexibility index (Phi) is 5.40. The Morgan fingerprint density at radius 2 is 1.90 bits per heavy atom. The molecule has 0 aromatic heterocycles. The van der Waals surface area contributed by atoms with Crippen molar-refractivity contribution in [2.75, 3.05) is 13.2 Å². The summed E-state index contributed by atoms with van der Waals surface area (Å²) < 4.78 is 5.76. The lowest BCUT2D eigenvalue weighted by Crippen LogP contribution is -2.60. The second-order valence-corrected chi connectivity index (χ2v) is 8.44. The SMILES string of the molecule is O=C(O)CNC(=O)C1=C(O)CC2(CCC2)N(Cc2ccc(OCC3CC3)cc2)C1=O. The summed E-state index contributed by atoms with van der Waals surface area (Å²) >= 11 is 0. The van der Waals surface area contributed by atoms with Gasteiger partial charge in [-0.15, -0.1) is 0 Å². The third kappa shape index (κ3) is 4.13. The number of benzene rings is 1. The lowest BCUT2D eigenvalue weighted by Gasteiger charge is -2.52. The van der Waals surface area contributed by atoms with Gasteiger partial charge in [0.05, 0.1) is 12.1 Å². The van der Waals surface area contributed by atoms with Gasteiger partial charge in [-0.2, -0.15) is 0 Å². The van der Waals surface area contributed by atoms with Gasteiger partial charge >= 0.3 is 5.97 Å². The predicted molar refractivity (Wildman–Crippen MR) is 107 cm³/mol. The van der Waals surface area contributed by atoms with Crippen LogP contribution in [0.5, 0.6) is 5.75 Å². The molecule has 2 fully saturated rings. The largest absolute Gasteiger partial charge is 0.511 e. The molecule has 2 aliphatic carbocycles. The first kappa shape index (κ1) is 20.3. The van der Waals surface area contributed by atoms with E-state index in [-0.39, 0.29) is 17.8 Å². The molecule has 0 bridgehead atoms. The number of aliphatic hydroxyl groups excluding tert-OH is 1. The molecule has 160 valence electrons. The van der Waals surface area contributed by atoms with Gasteiger partial charge < -0.3 is 25.2 Å². The summed E-state index contributed by atoms with van der Waals surface area (Å²) in [6, 6.07) is 7.58. The van der Waals surface area contributed by atoms with Crippen LogP contribution in [0.25, 0.3) is 0 Å². The van der Waals surface area contributed by atoms with Crippen LogP contribution in [-0.4, -0.2) is 51.6 Å². The highest BCUT2D eigenvalue weighted by atomic mass is 16.5. The molecule has 0 atom stereocenters. The van der Waals surface area contributed by atoms with E-state index in [0.29, 0.717) is 12.5 Å². The Bertz CT molecular complexity index is 883. The predicted octanol–water partition coefficient (Wildman–Crippen LogP) is 2.14. The minimum atomic E-state index is -1.22. The van der Waals surface area contributed by atoms with Crippen molar-refractivity contribution in [1.29, 1.82) is 0 Å². The second kappa shape index (κ2) is 8.01. The molecule has 0 radical (unpaired) electrons. The van der Waals surface area contributed by atoms with Crippen LogP contribution in [0.2, 0.25) is 0 Å². The maximum Gasteiger partial charge on any atom is 0.322 e. The monoisotopic (exact) mass is 414 g/mol. The fourth-order valence-electron chi connectivity index (χ4n) is 4.09. The van der Waals surface area contributed by atoms with Gasteiger partial charge in [-0.1, -0.05) is 12.1 Å². The number of amides is 2. The summed E-state index contributed by atoms with van der Waals surface area (Å²) in [7, 11) is 0. The van der Waals surface area contributed by atoms with Gasteiger partial charge in [-0.3, -0.25) is 14.4 Å². The molecule has 2 amide bonds. The number of ether oxygens (including phenoxy) is 1. The van der Waals surface area contributed by atoms with Crippen LogP contribution in [0, 0.1) is 5.92 Å². The van der Waals surface area contributed by atoms with E-state index < -0.39 is 29.9 Å². The molecule has 8 nitrogen and oxygen atoms in total. The molecule has 2 saturated carbocycles. The zero-order chi connectivity index (χ0) is 21.3.